The molecule has 1 nitrogen and oxygen atoms in total. The molecule has 0 aromatic rings. The van der Waals surface area contributed by atoms with Gasteiger partial charge in [-0.3, -0.25) is 0 Å². The largest absolute Gasteiger partial charge is 0.392 e. The average molecular weight is 126 g/mol. The minimum atomic E-state index is 0.181. The van der Waals surface area contributed by atoms with E-state index >= 15 is 0 Å². The van der Waals surface area contributed by atoms with Crippen LogP contribution in [-0.2, 0) is 0 Å². The molecule has 0 radical (unpaired) electrons. The van der Waals surface area contributed by atoms with Gasteiger partial charge in [-0.05, 0) is 18.9 Å². The molecule has 0 saturated carbocycles. The molecule has 0 aromatic carbocycles. The lowest BCUT2D eigenvalue weighted by molar-refractivity contribution is 0.328. The first-order valence-corrected chi connectivity index (χ1v) is 3.26. The molecule has 1 N–H and O–H groups in total. The fraction of sp³-hybridized carbons (Fsp3) is 0.500. The lowest BCUT2D eigenvalue weighted by Crippen LogP contribution is -1.85. The summed E-state index contributed by atoms with van der Waals surface area (Å²) in [7, 11) is 0. The second kappa shape index (κ2) is 5.57. The van der Waals surface area contributed by atoms with E-state index in [2.05, 4.69) is 0 Å². The van der Waals surface area contributed by atoms with Crippen LogP contribution < -0.4 is 0 Å². The molecule has 0 saturated heterocycles. The van der Waals surface area contributed by atoms with E-state index in [4.69, 9.17) is 5.11 Å². The molecule has 1 heteroatoms. The minimum Gasteiger partial charge on any atom is -0.392 e. The van der Waals surface area contributed by atoms with Crippen molar-refractivity contribution >= 4 is 0 Å². The highest BCUT2D eigenvalue weighted by Gasteiger charge is 1.85. The van der Waals surface area contributed by atoms with E-state index in [-0.39, 0.29) is 6.61 Å². The van der Waals surface area contributed by atoms with Gasteiger partial charge in [-0.2, -0.15) is 0 Å². The molecule has 0 atom stereocenters. The van der Waals surface area contributed by atoms with Crippen LogP contribution in [0.2, 0.25) is 0 Å². The van der Waals surface area contributed by atoms with Gasteiger partial charge in [-0.1, -0.05) is 25.2 Å². The Morgan fingerprint density at radius 1 is 1.56 bits per heavy atom. The number of hydrogen-bond acceptors (Lipinski definition) is 1. The van der Waals surface area contributed by atoms with E-state index in [9.17, 15) is 0 Å². The van der Waals surface area contributed by atoms with Gasteiger partial charge in [0.1, 0.15) is 0 Å². The molecule has 0 bridgehead atoms. The van der Waals surface area contributed by atoms with Crippen LogP contribution in [0.15, 0.2) is 23.8 Å². The summed E-state index contributed by atoms with van der Waals surface area (Å²) in [5.74, 6) is 0. The van der Waals surface area contributed by atoms with E-state index in [0.717, 1.165) is 12.0 Å². The Bertz CT molecular complexity index is 106. The Morgan fingerprint density at radius 2 is 2.22 bits per heavy atom. The van der Waals surface area contributed by atoms with Gasteiger partial charge in [0, 0.05) is 0 Å². The summed E-state index contributed by atoms with van der Waals surface area (Å²) >= 11 is 0. The first-order chi connectivity index (χ1) is 4.35. The number of aliphatic hydroxyl groups excluding tert-OH is 1. The summed E-state index contributed by atoms with van der Waals surface area (Å²) < 4.78 is 0. The van der Waals surface area contributed by atoms with Crippen molar-refractivity contribution in [3.8, 4) is 0 Å². The lowest BCUT2D eigenvalue weighted by atomic mass is 10.2. The van der Waals surface area contributed by atoms with E-state index < -0.39 is 0 Å². The summed E-state index contributed by atoms with van der Waals surface area (Å²) in [6.07, 6.45) is 6.77. The number of rotatable bonds is 3. The second-order valence-corrected chi connectivity index (χ2v) is 1.86. The molecule has 0 fully saturated rings. The smallest absolute Gasteiger partial charge is 0.0644 e. The Hall–Kier alpha value is -0.560. The van der Waals surface area contributed by atoms with Crippen molar-refractivity contribution in [3.05, 3.63) is 23.8 Å². The van der Waals surface area contributed by atoms with Crippen LogP contribution in [-0.4, -0.2) is 11.7 Å². The van der Waals surface area contributed by atoms with Crippen molar-refractivity contribution in [2.45, 2.75) is 20.3 Å². The van der Waals surface area contributed by atoms with E-state index in [1.165, 1.54) is 0 Å². The van der Waals surface area contributed by atoms with Gasteiger partial charge in [-0.15, -0.1) is 0 Å². The maximum Gasteiger partial charge on any atom is 0.0644 e. The molecule has 0 aliphatic rings. The first kappa shape index (κ1) is 8.44. The molecule has 0 aliphatic carbocycles. The predicted molar refractivity (Wildman–Crippen MR) is 40.3 cm³/mol. The van der Waals surface area contributed by atoms with Gasteiger partial charge >= 0.3 is 0 Å². The van der Waals surface area contributed by atoms with Crippen LogP contribution in [0.1, 0.15) is 20.3 Å². The third kappa shape index (κ3) is 3.98. The average Bonchev–Trinajstić information content (AvgIpc) is 1.91. The molecule has 0 amide bonds. The molecule has 0 unspecified atom stereocenters. The van der Waals surface area contributed by atoms with Gasteiger partial charge in [-0.25, -0.2) is 0 Å². The normalized spacial score (nSPS) is 13.0. The molecule has 9 heavy (non-hydrogen) atoms. The fourth-order valence-corrected chi connectivity index (χ4v) is 0.515. The second-order valence-electron chi connectivity index (χ2n) is 1.86. The van der Waals surface area contributed by atoms with Crippen molar-refractivity contribution < 1.29 is 5.11 Å². The third-order valence-electron chi connectivity index (χ3n) is 1.18. The van der Waals surface area contributed by atoms with Crippen LogP contribution in [0.3, 0.4) is 0 Å². The zero-order valence-corrected chi connectivity index (χ0v) is 6.09. The van der Waals surface area contributed by atoms with Crippen LogP contribution in [0, 0.1) is 0 Å². The molecule has 0 aliphatic heterocycles. The highest BCUT2D eigenvalue weighted by atomic mass is 16.3. The van der Waals surface area contributed by atoms with E-state index in [1.54, 1.807) is 0 Å². The summed E-state index contributed by atoms with van der Waals surface area (Å²) in [5, 5.41) is 8.65. The van der Waals surface area contributed by atoms with Crippen LogP contribution in [0.5, 0.6) is 0 Å². The van der Waals surface area contributed by atoms with Gasteiger partial charge in [0.2, 0.25) is 0 Å². The van der Waals surface area contributed by atoms with E-state index in [0.29, 0.717) is 0 Å². The number of hydrogen-bond donors (Lipinski definition) is 1. The molecule has 0 heterocycles. The fourth-order valence-electron chi connectivity index (χ4n) is 0.515. The summed E-state index contributed by atoms with van der Waals surface area (Å²) in [5.41, 5.74) is 1.08. The van der Waals surface area contributed by atoms with E-state index in [1.807, 2.05) is 32.1 Å². The summed E-state index contributed by atoms with van der Waals surface area (Å²) in [4.78, 5) is 0. The number of aliphatic hydroxyl groups is 1. The Labute approximate surface area is 56.7 Å². The Balaban J connectivity index is 3.75. The standard InChI is InChI=1S/C8H14O/c1-3-5-6-8(4-2)7-9/h3,5-6,9H,4,7H2,1-2H3/b5-3-,8-6-. The van der Waals surface area contributed by atoms with Crippen molar-refractivity contribution in [2.24, 2.45) is 0 Å². The van der Waals surface area contributed by atoms with Gasteiger partial charge in [0.25, 0.3) is 0 Å². The maximum absolute atomic E-state index is 8.65. The predicted octanol–water partition coefficient (Wildman–Crippen LogP) is 1.89. The Morgan fingerprint density at radius 3 is 2.56 bits per heavy atom. The highest BCUT2D eigenvalue weighted by Crippen LogP contribution is 1.97. The highest BCUT2D eigenvalue weighted by molar-refractivity contribution is 5.11. The maximum atomic E-state index is 8.65. The molecule has 0 aromatic heterocycles. The van der Waals surface area contributed by atoms with Crippen LogP contribution in [0.25, 0.3) is 0 Å². The SMILES string of the molecule is C/C=C\C=C(\CC)CO. The number of allylic oxidation sites excluding steroid dienone is 3. The Kier molecular flexibility index (Phi) is 5.23. The summed E-state index contributed by atoms with van der Waals surface area (Å²) in [6.45, 7) is 4.17. The molecular weight excluding hydrogens is 112 g/mol. The zero-order chi connectivity index (χ0) is 7.11. The third-order valence-corrected chi connectivity index (χ3v) is 1.18. The summed E-state index contributed by atoms with van der Waals surface area (Å²) in [6, 6.07) is 0. The van der Waals surface area contributed by atoms with Gasteiger partial charge in [0.05, 0.1) is 6.61 Å². The van der Waals surface area contributed by atoms with Crippen molar-refractivity contribution in [2.75, 3.05) is 6.61 Å². The molecule has 0 spiro atoms. The molecule has 0 rings (SSSR count). The molecular formula is C8H14O. The first-order valence-electron chi connectivity index (χ1n) is 3.26. The van der Waals surface area contributed by atoms with Gasteiger partial charge < -0.3 is 5.11 Å². The van der Waals surface area contributed by atoms with Gasteiger partial charge in [0.15, 0.2) is 0 Å². The topological polar surface area (TPSA) is 20.2 Å². The van der Waals surface area contributed by atoms with Crippen LogP contribution in [0.4, 0.5) is 0 Å². The minimum absolute atomic E-state index is 0.181. The van der Waals surface area contributed by atoms with Crippen molar-refractivity contribution in [1.29, 1.82) is 0 Å². The zero-order valence-electron chi connectivity index (χ0n) is 6.09. The van der Waals surface area contributed by atoms with Crippen molar-refractivity contribution in [3.63, 3.8) is 0 Å². The van der Waals surface area contributed by atoms with Crippen molar-refractivity contribution in [1.82, 2.24) is 0 Å². The van der Waals surface area contributed by atoms with Crippen LogP contribution >= 0.6 is 0 Å². The lowest BCUT2D eigenvalue weighted by Gasteiger charge is -1.93. The quantitative estimate of drug-likeness (QED) is 0.572. The molecule has 52 valence electrons. The monoisotopic (exact) mass is 126 g/mol.